The summed E-state index contributed by atoms with van der Waals surface area (Å²) in [6.45, 7) is 1.11. The topological polar surface area (TPSA) is 116 Å². The third-order valence-electron chi connectivity index (χ3n) is 6.44. The standard InChI is InChI=1S/C26H19N3O5/c30-16-9-11-29(12-10-16)20-13-19(27-15-7-5-14(6-8-15)26(32)33)21-22-23(20)28-34-25(22)18-4-2-1-3-17(18)24(21)31/h1-8,13,27H,9-12H2,(H,32,33)/p-1. The Morgan fingerprint density at radius 2 is 1.71 bits per heavy atom. The molecule has 8 nitrogen and oxygen atoms in total. The lowest BCUT2D eigenvalue weighted by atomic mass is 9.86. The van der Waals surface area contributed by atoms with Gasteiger partial charge in [0.2, 0.25) is 0 Å². The number of carboxylic acids is 1. The van der Waals surface area contributed by atoms with Gasteiger partial charge in [-0.2, -0.15) is 0 Å². The van der Waals surface area contributed by atoms with Crippen LogP contribution in [0.15, 0.2) is 59.1 Å². The number of aromatic nitrogens is 1. The molecule has 0 saturated carbocycles. The number of ketones is 2. The summed E-state index contributed by atoms with van der Waals surface area (Å²) >= 11 is 0. The summed E-state index contributed by atoms with van der Waals surface area (Å²) in [5.74, 6) is -0.650. The normalized spacial score (nSPS) is 14.9. The first-order valence-electron chi connectivity index (χ1n) is 11.0. The van der Waals surface area contributed by atoms with E-state index in [1.165, 1.54) is 12.1 Å². The van der Waals surface area contributed by atoms with Gasteiger partial charge in [-0.25, -0.2) is 0 Å². The predicted molar refractivity (Wildman–Crippen MR) is 123 cm³/mol. The Hall–Kier alpha value is -4.46. The molecule has 0 unspecified atom stereocenters. The van der Waals surface area contributed by atoms with Crippen LogP contribution >= 0.6 is 0 Å². The fourth-order valence-corrected chi connectivity index (χ4v) is 4.72. The second-order valence-electron chi connectivity index (χ2n) is 8.44. The van der Waals surface area contributed by atoms with Gasteiger partial charge in [0.05, 0.1) is 28.3 Å². The minimum absolute atomic E-state index is 0.0624. The van der Waals surface area contributed by atoms with Gasteiger partial charge < -0.3 is 24.6 Å². The largest absolute Gasteiger partial charge is 0.545 e. The van der Waals surface area contributed by atoms with Crippen molar-refractivity contribution in [3.63, 3.8) is 0 Å². The third-order valence-corrected chi connectivity index (χ3v) is 6.44. The maximum atomic E-state index is 13.6. The number of carbonyl (C=O) groups excluding carboxylic acids is 3. The quantitative estimate of drug-likeness (QED) is 0.442. The van der Waals surface area contributed by atoms with Crippen molar-refractivity contribution in [2.45, 2.75) is 12.8 Å². The molecule has 0 radical (unpaired) electrons. The number of fused-ring (bicyclic) bond motifs is 2. The molecule has 1 aliphatic carbocycles. The second-order valence-corrected chi connectivity index (χ2v) is 8.44. The number of carboxylic acid groups (broad SMARTS) is 1. The van der Waals surface area contributed by atoms with E-state index in [-0.39, 0.29) is 17.1 Å². The molecule has 6 rings (SSSR count). The minimum Gasteiger partial charge on any atom is -0.545 e. The Morgan fingerprint density at radius 1 is 1.00 bits per heavy atom. The van der Waals surface area contributed by atoms with E-state index >= 15 is 0 Å². The first-order valence-corrected chi connectivity index (χ1v) is 11.0. The molecule has 3 aromatic carbocycles. The van der Waals surface area contributed by atoms with Crippen LogP contribution in [-0.4, -0.2) is 35.8 Å². The van der Waals surface area contributed by atoms with Gasteiger partial charge in [-0.3, -0.25) is 9.59 Å². The molecule has 8 heteroatoms. The van der Waals surface area contributed by atoms with Crippen LogP contribution in [0.2, 0.25) is 0 Å². The highest BCUT2D eigenvalue weighted by Gasteiger charge is 2.34. The van der Waals surface area contributed by atoms with E-state index in [1.54, 1.807) is 24.3 Å². The summed E-state index contributed by atoms with van der Waals surface area (Å²) in [5, 5.41) is 19.4. The van der Waals surface area contributed by atoms with E-state index < -0.39 is 5.97 Å². The highest BCUT2D eigenvalue weighted by atomic mass is 16.5. The molecule has 4 aromatic rings. The monoisotopic (exact) mass is 452 g/mol. The number of nitrogens with one attached hydrogen (secondary N) is 1. The number of hydrogen-bond acceptors (Lipinski definition) is 8. The number of anilines is 3. The van der Waals surface area contributed by atoms with E-state index in [0.29, 0.717) is 70.7 Å². The number of Topliss-reactive ketones (excluding diaryl/α,β-unsaturated/α-hetero) is 1. The van der Waals surface area contributed by atoms with Crippen molar-refractivity contribution >= 4 is 45.5 Å². The molecule has 2 aliphatic rings. The van der Waals surface area contributed by atoms with Gasteiger partial charge in [-0.05, 0) is 23.8 Å². The highest BCUT2D eigenvalue weighted by molar-refractivity contribution is 6.28. The minimum atomic E-state index is -1.26. The van der Waals surface area contributed by atoms with Gasteiger partial charge in [0.15, 0.2) is 11.5 Å². The Morgan fingerprint density at radius 3 is 2.41 bits per heavy atom. The van der Waals surface area contributed by atoms with Crippen molar-refractivity contribution in [1.82, 2.24) is 5.16 Å². The van der Waals surface area contributed by atoms with Crippen molar-refractivity contribution in [2.24, 2.45) is 0 Å². The number of piperidine rings is 1. The molecule has 34 heavy (non-hydrogen) atoms. The number of aromatic carboxylic acids is 1. The number of benzene rings is 3. The van der Waals surface area contributed by atoms with Gasteiger partial charge in [0, 0.05) is 42.7 Å². The number of hydrogen-bond donors (Lipinski definition) is 1. The molecule has 0 bridgehead atoms. The van der Waals surface area contributed by atoms with Crippen molar-refractivity contribution < 1.29 is 24.0 Å². The van der Waals surface area contributed by atoms with E-state index in [0.717, 1.165) is 5.69 Å². The summed E-state index contributed by atoms with van der Waals surface area (Å²) in [6.07, 6.45) is 0.895. The van der Waals surface area contributed by atoms with Gasteiger partial charge in [-0.15, -0.1) is 0 Å². The van der Waals surface area contributed by atoms with Crippen LogP contribution in [-0.2, 0) is 4.79 Å². The predicted octanol–water partition coefficient (Wildman–Crippen LogP) is 3.32. The molecule has 2 heterocycles. The smallest absolute Gasteiger partial charge is 0.196 e. The first-order chi connectivity index (χ1) is 16.5. The molecule has 0 amide bonds. The van der Waals surface area contributed by atoms with E-state index in [4.69, 9.17) is 4.52 Å². The van der Waals surface area contributed by atoms with Crippen LogP contribution in [0.4, 0.5) is 17.1 Å². The van der Waals surface area contributed by atoms with E-state index in [2.05, 4.69) is 15.4 Å². The molecule has 1 fully saturated rings. The molecule has 168 valence electrons. The van der Waals surface area contributed by atoms with Crippen LogP contribution in [0.25, 0.3) is 22.2 Å². The number of rotatable bonds is 4. The lowest BCUT2D eigenvalue weighted by molar-refractivity contribution is -0.255. The summed E-state index contributed by atoms with van der Waals surface area (Å²) in [5.41, 5.74) is 4.27. The zero-order valence-corrected chi connectivity index (χ0v) is 18.0. The Balaban J connectivity index is 1.55. The summed E-state index contributed by atoms with van der Waals surface area (Å²) in [6, 6.07) is 15.3. The van der Waals surface area contributed by atoms with Crippen molar-refractivity contribution in [3.05, 3.63) is 71.3 Å². The maximum absolute atomic E-state index is 13.6. The van der Waals surface area contributed by atoms with Gasteiger partial charge >= 0.3 is 0 Å². The molecule has 0 spiro atoms. The fraction of sp³-hybridized carbons (Fsp3) is 0.154. The average Bonchev–Trinajstić information content (AvgIpc) is 3.29. The average molecular weight is 452 g/mol. The fourth-order valence-electron chi connectivity index (χ4n) is 4.72. The number of carbonyl (C=O) groups is 3. The Labute approximate surface area is 193 Å². The highest BCUT2D eigenvalue weighted by Crippen LogP contribution is 2.46. The summed E-state index contributed by atoms with van der Waals surface area (Å²) < 4.78 is 5.78. The molecule has 1 aromatic heterocycles. The van der Waals surface area contributed by atoms with Crippen LogP contribution in [0.3, 0.4) is 0 Å². The van der Waals surface area contributed by atoms with Crippen molar-refractivity contribution in [3.8, 4) is 11.3 Å². The molecule has 1 saturated heterocycles. The Bertz CT molecular complexity index is 1490. The van der Waals surface area contributed by atoms with Crippen LogP contribution in [0.5, 0.6) is 0 Å². The van der Waals surface area contributed by atoms with E-state index in [1.807, 2.05) is 18.2 Å². The van der Waals surface area contributed by atoms with Crippen molar-refractivity contribution in [2.75, 3.05) is 23.3 Å². The van der Waals surface area contributed by atoms with E-state index in [9.17, 15) is 19.5 Å². The lowest BCUT2D eigenvalue weighted by Crippen LogP contribution is -2.34. The van der Waals surface area contributed by atoms with Gasteiger partial charge in [0.25, 0.3) is 0 Å². The van der Waals surface area contributed by atoms with Crippen LogP contribution in [0, 0.1) is 0 Å². The summed E-state index contributed by atoms with van der Waals surface area (Å²) in [4.78, 5) is 38.6. The zero-order chi connectivity index (χ0) is 23.4. The molecular weight excluding hydrogens is 434 g/mol. The molecule has 1 N–H and O–H groups in total. The number of nitrogens with zero attached hydrogens (tertiary/aromatic N) is 2. The lowest BCUT2D eigenvalue weighted by Gasteiger charge is -2.29. The SMILES string of the molecule is O=C1CCN(c2cc(Nc3ccc(C(=O)[O-])cc3)c3c4c(onc24)-c2ccccc2C3=O)CC1. The Kier molecular flexibility index (Phi) is 4.48. The zero-order valence-electron chi connectivity index (χ0n) is 18.0. The molecular formula is C26H18N3O5-. The molecule has 0 atom stereocenters. The third kappa shape index (κ3) is 3.07. The maximum Gasteiger partial charge on any atom is 0.196 e. The van der Waals surface area contributed by atoms with Crippen LogP contribution < -0.4 is 15.3 Å². The second kappa shape index (κ2) is 7.55. The van der Waals surface area contributed by atoms with Gasteiger partial charge in [0.1, 0.15) is 11.3 Å². The summed E-state index contributed by atoms with van der Waals surface area (Å²) in [7, 11) is 0. The first kappa shape index (κ1) is 20.2. The van der Waals surface area contributed by atoms with Gasteiger partial charge in [-0.1, -0.05) is 41.6 Å². The van der Waals surface area contributed by atoms with Crippen molar-refractivity contribution in [1.29, 1.82) is 0 Å². The van der Waals surface area contributed by atoms with Crippen LogP contribution in [0.1, 0.15) is 39.1 Å². The molecule has 1 aliphatic heterocycles.